The standard InChI is InChI=1S/C14H19ClN2O2/c1-14(2,3)13(19)17-9-8-16-12(18)10-4-6-11(15)7-5-10/h4-7H,8-9H2,1-3H3,(H,16,18)(H,17,19). The monoisotopic (exact) mass is 282 g/mol. The highest BCUT2D eigenvalue weighted by atomic mass is 35.5. The summed E-state index contributed by atoms with van der Waals surface area (Å²) in [5.41, 5.74) is 0.131. The second-order valence-electron chi connectivity index (χ2n) is 5.27. The van der Waals surface area contributed by atoms with Crippen molar-refractivity contribution in [3.63, 3.8) is 0 Å². The van der Waals surface area contributed by atoms with E-state index < -0.39 is 5.41 Å². The van der Waals surface area contributed by atoms with Gasteiger partial charge in [-0.2, -0.15) is 0 Å². The number of carbonyl (C=O) groups is 2. The third-order valence-electron chi connectivity index (χ3n) is 2.48. The van der Waals surface area contributed by atoms with Crippen LogP contribution in [-0.2, 0) is 4.79 Å². The molecule has 0 unspecified atom stereocenters. The number of halogens is 1. The summed E-state index contributed by atoms with van der Waals surface area (Å²) in [5, 5.41) is 6.08. The Morgan fingerprint density at radius 3 is 2.11 bits per heavy atom. The molecule has 19 heavy (non-hydrogen) atoms. The van der Waals surface area contributed by atoms with Crippen molar-refractivity contribution in [3.8, 4) is 0 Å². The van der Waals surface area contributed by atoms with Crippen molar-refractivity contribution >= 4 is 23.4 Å². The van der Waals surface area contributed by atoms with Gasteiger partial charge in [-0.1, -0.05) is 32.4 Å². The quantitative estimate of drug-likeness (QED) is 0.832. The molecule has 2 N–H and O–H groups in total. The van der Waals surface area contributed by atoms with Gasteiger partial charge in [0.2, 0.25) is 5.91 Å². The average molecular weight is 283 g/mol. The van der Waals surface area contributed by atoms with Gasteiger partial charge in [-0.15, -0.1) is 0 Å². The zero-order valence-corrected chi connectivity index (χ0v) is 12.2. The summed E-state index contributed by atoms with van der Waals surface area (Å²) in [6.45, 7) is 6.33. The van der Waals surface area contributed by atoms with Crippen LogP contribution in [-0.4, -0.2) is 24.9 Å². The summed E-state index contributed by atoms with van der Waals surface area (Å²) in [7, 11) is 0. The van der Waals surface area contributed by atoms with E-state index in [1.807, 2.05) is 20.8 Å². The van der Waals surface area contributed by atoms with E-state index in [2.05, 4.69) is 10.6 Å². The highest BCUT2D eigenvalue weighted by Gasteiger charge is 2.20. The van der Waals surface area contributed by atoms with Crippen molar-refractivity contribution in [3.05, 3.63) is 34.9 Å². The van der Waals surface area contributed by atoms with E-state index in [1.54, 1.807) is 24.3 Å². The van der Waals surface area contributed by atoms with Crippen LogP contribution in [0.4, 0.5) is 0 Å². The van der Waals surface area contributed by atoms with E-state index in [4.69, 9.17) is 11.6 Å². The van der Waals surface area contributed by atoms with Crippen LogP contribution in [0.25, 0.3) is 0 Å². The molecule has 1 rings (SSSR count). The number of benzene rings is 1. The van der Waals surface area contributed by atoms with Crippen LogP contribution in [0.15, 0.2) is 24.3 Å². The van der Waals surface area contributed by atoms with Gasteiger partial charge in [0.1, 0.15) is 0 Å². The second-order valence-corrected chi connectivity index (χ2v) is 5.71. The molecule has 0 atom stereocenters. The molecule has 1 aromatic rings. The number of nitrogens with one attached hydrogen (secondary N) is 2. The van der Waals surface area contributed by atoms with Crippen LogP contribution in [0.1, 0.15) is 31.1 Å². The molecule has 2 amide bonds. The van der Waals surface area contributed by atoms with Crippen LogP contribution in [0, 0.1) is 5.41 Å². The summed E-state index contributed by atoms with van der Waals surface area (Å²) in [6.07, 6.45) is 0. The van der Waals surface area contributed by atoms with Crippen LogP contribution < -0.4 is 10.6 Å². The summed E-state index contributed by atoms with van der Waals surface area (Å²) < 4.78 is 0. The molecule has 0 saturated heterocycles. The maximum Gasteiger partial charge on any atom is 0.251 e. The van der Waals surface area contributed by atoms with Gasteiger partial charge in [-0.25, -0.2) is 0 Å². The van der Waals surface area contributed by atoms with Crippen molar-refractivity contribution < 1.29 is 9.59 Å². The van der Waals surface area contributed by atoms with Gasteiger partial charge in [-0.3, -0.25) is 9.59 Å². The Morgan fingerprint density at radius 2 is 1.58 bits per heavy atom. The van der Waals surface area contributed by atoms with Crippen LogP contribution >= 0.6 is 11.6 Å². The van der Waals surface area contributed by atoms with Crippen LogP contribution in [0.5, 0.6) is 0 Å². The summed E-state index contributed by atoms with van der Waals surface area (Å²) >= 11 is 5.74. The number of amides is 2. The predicted octanol–water partition coefficient (Wildman–Crippen LogP) is 2.23. The van der Waals surface area contributed by atoms with Crippen LogP contribution in [0.3, 0.4) is 0 Å². The Bertz CT molecular complexity index is 450. The molecule has 4 nitrogen and oxygen atoms in total. The molecule has 0 aliphatic heterocycles. The fourth-order valence-corrected chi connectivity index (χ4v) is 1.45. The molecule has 0 bridgehead atoms. The lowest BCUT2D eigenvalue weighted by molar-refractivity contribution is -0.128. The second kappa shape index (κ2) is 6.57. The van der Waals surface area contributed by atoms with Gasteiger partial charge < -0.3 is 10.6 Å². The predicted molar refractivity (Wildman–Crippen MR) is 76.2 cm³/mol. The molecule has 0 spiro atoms. The number of hydrogen-bond donors (Lipinski definition) is 2. The molecule has 0 saturated carbocycles. The Morgan fingerprint density at radius 1 is 1.05 bits per heavy atom. The number of rotatable bonds is 4. The summed E-state index contributed by atoms with van der Waals surface area (Å²) in [4.78, 5) is 23.3. The van der Waals surface area contributed by atoms with Gasteiger partial charge in [0.15, 0.2) is 0 Å². The van der Waals surface area contributed by atoms with Crippen molar-refractivity contribution in [1.29, 1.82) is 0 Å². The Balaban J connectivity index is 2.32. The van der Waals surface area contributed by atoms with E-state index in [-0.39, 0.29) is 11.8 Å². The first-order valence-electron chi connectivity index (χ1n) is 6.13. The van der Waals surface area contributed by atoms with Crippen molar-refractivity contribution in [1.82, 2.24) is 10.6 Å². The van der Waals surface area contributed by atoms with Crippen molar-refractivity contribution in [2.75, 3.05) is 13.1 Å². The normalized spacial score (nSPS) is 10.9. The lowest BCUT2D eigenvalue weighted by Crippen LogP contribution is -2.39. The van der Waals surface area contributed by atoms with Crippen molar-refractivity contribution in [2.45, 2.75) is 20.8 Å². The Kier molecular flexibility index (Phi) is 5.36. The lowest BCUT2D eigenvalue weighted by atomic mass is 9.96. The molecule has 1 aromatic carbocycles. The zero-order chi connectivity index (χ0) is 14.5. The number of carbonyl (C=O) groups excluding carboxylic acids is 2. The minimum absolute atomic E-state index is 0.0340. The summed E-state index contributed by atoms with van der Waals surface area (Å²) in [6, 6.07) is 6.65. The molecule has 0 fully saturated rings. The molecule has 104 valence electrons. The Labute approximate surface area is 118 Å². The smallest absolute Gasteiger partial charge is 0.251 e. The maximum absolute atomic E-state index is 11.7. The van der Waals surface area contributed by atoms with E-state index in [9.17, 15) is 9.59 Å². The molecule has 0 radical (unpaired) electrons. The first kappa shape index (κ1) is 15.5. The molecule has 0 aliphatic carbocycles. The van der Waals surface area contributed by atoms with Crippen LogP contribution in [0.2, 0.25) is 5.02 Å². The average Bonchev–Trinajstić information content (AvgIpc) is 2.33. The topological polar surface area (TPSA) is 58.2 Å². The van der Waals surface area contributed by atoms with Crippen molar-refractivity contribution in [2.24, 2.45) is 5.41 Å². The van der Waals surface area contributed by atoms with E-state index >= 15 is 0 Å². The lowest BCUT2D eigenvalue weighted by Gasteiger charge is -2.17. The summed E-state index contributed by atoms with van der Waals surface area (Å²) in [5.74, 6) is -0.213. The Hall–Kier alpha value is -1.55. The van der Waals surface area contributed by atoms with Gasteiger partial charge in [0, 0.05) is 29.1 Å². The third-order valence-corrected chi connectivity index (χ3v) is 2.74. The fourth-order valence-electron chi connectivity index (χ4n) is 1.32. The highest BCUT2D eigenvalue weighted by Crippen LogP contribution is 2.12. The first-order chi connectivity index (χ1) is 8.80. The third kappa shape index (κ3) is 5.30. The van der Waals surface area contributed by atoms with E-state index in [0.29, 0.717) is 23.7 Å². The largest absolute Gasteiger partial charge is 0.354 e. The highest BCUT2D eigenvalue weighted by molar-refractivity contribution is 6.30. The molecular weight excluding hydrogens is 264 g/mol. The zero-order valence-electron chi connectivity index (χ0n) is 11.4. The SMILES string of the molecule is CC(C)(C)C(=O)NCCNC(=O)c1ccc(Cl)cc1. The minimum atomic E-state index is -0.416. The maximum atomic E-state index is 11.7. The van der Waals surface area contributed by atoms with Gasteiger partial charge >= 0.3 is 0 Å². The minimum Gasteiger partial charge on any atom is -0.354 e. The molecule has 0 aliphatic rings. The van der Waals surface area contributed by atoms with E-state index in [0.717, 1.165) is 0 Å². The fraction of sp³-hybridized carbons (Fsp3) is 0.429. The molecular formula is C14H19ClN2O2. The van der Waals surface area contributed by atoms with Gasteiger partial charge in [0.25, 0.3) is 5.91 Å². The molecule has 0 aromatic heterocycles. The molecule has 0 heterocycles. The molecule has 5 heteroatoms. The van der Waals surface area contributed by atoms with Gasteiger partial charge in [0.05, 0.1) is 0 Å². The number of hydrogen-bond acceptors (Lipinski definition) is 2. The van der Waals surface area contributed by atoms with Gasteiger partial charge in [-0.05, 0) is 24.3 Å². The first-order valence-corrected chi connectivity index (χ1v) is 6.50. The van der Waals surface area contributed by atoms with E-state index in [1.165, 1.54) is 0 Å².